The number of hydrogen-bond donors (Lipinski definition) is 0. The van der Waals surface area contributed by atoms with Gasteiger partial charge in [0.1, 0.15) is 0 Å². The summed E-state index contributed by atoms with van der Waals surface area (Å²) in [6.45, 7) is 9.61. The van der Waals surface area contributed by atoms with Gasteiger partial charge in [-0.3, -0.25) is 0 Å². The van der Waals surface area contributed by atoms with Crippen LogP contribution >= 0.6 is 0 Å². The maximum absolute atomic E-state index is 2.56. The van der Waals surface area contributed by atoms with Crippen LogP contribution in [0.15, 0.2) is 133 Å². The summed E-state index contributed by atoms with van der Waals surface area (Å²) in [5, 5.41) is 0. The SMILES string of the molecule is CC1(C)c2ccccc2-c2ccc(N(c3ccc(C45CC6CC7CC(C4)C76C5)cc3)c3cc(-c4ccccc4)c4c(c3)-c3ccccc3C4(C)C)cc21. The van der Waals surface area contributed by atoms with Crippen molar-refractivity contribution in [3.05, 3.63) is 161 Å². The zero-order valence-corrected chi connectivity index (χ0v) is 31.4. The molecule has 0 heterocycles. The summed E-state index contributed by atoms with van der Waals surface area (Å²) in [6, 6.07) is 51.4. The molecular formula is C52H47N. The first-order valence-corrected chi connectivity index (χ1v) is 20.2. The molecule has 0 aliphatic heterocycles. The molecule has 260 valence electrons. The zero-order valence-electron chi connectivity index (χ0n) is 31.4. The minimum atomic E-state index is -0.106. The molecule has 53 heavy (non-hydrogen) atoms. The van der Waals surface area contributed by atoms with Gasteiger partial charge in [0.05, 0.1) is 0 Å². The van der Waals surface area contributed by atoms with Gasteiger partial charge in [-0.2, -0.15) is 0 Å². The lowest BCUT2D eigenvalue weighted by Gasteiger charge is -2.66. The van der Waals surface area contributed by atoms with Gasteiger partial charge in [0.15, 0.2) is 0 Å². The average molecular weight is 686 g/mol. The number of rotatable bonds is 5. The van der Waals surface area contributed by atoms with E-state index in [1.807, 2.05) is 0 Å². The van der Waals surface area contributed by atoms with Crippen LogP contribution in [0.1, 0.15) is 87.6 Å². The van der Waals surface area contributed by atoms with Crippen molar-refractivity contribution in [1.82, 2.24) is 0 Å². The van der Waals surface area contributed by atoms with Crippen LogP contribution in [-0.4, -0.2) is 0 Å². The first-order valence-electron chi connectivity index (χ1n) is 20.2. The lowest BCUT2D eigenvalue weighted by Crippen LogP contribution is -2.59. The van der Waals surface area contributed by atoms with Gasteiger partial charge < -0.3 is 4.90 Å². The summed E-state index contributed by atoms with van der Waals surface area (Å²) in [5.74, 6) is 3.02. The van der Waals surface area contributed by atoms with Crippen molar-refractivity contribution < 1.29 is 0 Å². The van der Waals surface area contributed by atoms with Gasteiger partial charge in [0, 0.05) is 27.9 Å². The number of nitrogens with zero attached hydrogens (tertiary/aromatic N) is 1. The molecule has 2 bridgehead atoms. The highest BCUT2D eigenvalue weighted by atomic mass is 15.1. The van der Waals surface area contributed by atoms with Crippen LogP contribution in [0.5, 0.6) is 0 Å². The highest BCUT2D eigenvalue weighted by Gasteiger charge is 2.77. The van der Waals surface area contributed by atoms with Gasteiger partial charge in [-0.05, 0) is 158 Å². The van der Waals surface area contributed by atoms with E-state index in [2.05, 4.69) is 166 Å². The van der Waals surface area contributed by atoms with Crippen molar-refractivity contribution in [2.24, 2.45) is 23.2 Å². The third-order valence-corrected chi connectivity index (χ3v) is 15.9. The smallest absolute Gasteiger partial charge is 0.0474 e. The molecule has 12 rings (SSSR count). The minimum absolute atomic E-state index is 0.0757. The Balaban J connectivity index is 1.06. The monoisotopic (exact) mass is 685 g/mol. The lowest BCUT2D eigenvalue weighted by molar-refractivity contribution is -0.175. The Kier molecular flexibility index (Phi) is 5.77. The maximum Gasteiger partial charge on any atom is 0.0474 e. The van der Waals surface area contributed by atoms with Crippen LogP contribution in [0.4, 0.5) is 17.1 Å². The third-order valence-electron chi connectivity index (χ3n) is 15.9. The predicted molar refractivity (Wildman–Crippen MR) is 219 cm³/mol. The summed E-state index contributed by atoms with van der Waals surface area (Å²) >= 11 is 0. The number of hydrogen-bond acceptors (Lipinski definition) is 1. The van der Waals surface area contributed by atoms with Crippen molar-refractivity contribution in [3.8, 4) is 33.4 Å². The van der Waals surface area contributed by atoms with E-state index in [1.54, 1.807) is 5.56 Å². The van der Waals surface area contributed by atoms with E-state index in [-0.39, 0.29) is 10.8 Å². The van der Waals surface area contributed by atoms with E-state index < -0.39 is 0 Å². The number of anilines is 3. The zero-order chi connectivity index (χ0) is 35.5. The standard InChI is InChI=1S/C52H47N/c1-49(2)45-16-10-8-14-40(45)42-23-22-38(28-47(42)49)53(37-20-18-33(19-21-37)51-29-35-24-34-25-36(30-51)52(34,35)31-51)39-26-43(32-12-6-5-7-13-32)48-44(27-39)41-15-9-11-17-46(41)50(48,3)4/h5-23,26-28,34-36H,24-25,29-31H2,1-4H3. The average Bonchev–Trinajstić information content (AvgIpc) is 3.82. The summed E-state index contributed by atoms with van der Waals surface area (Å²) in [5.41, 5.74) is 19.9. The van der Waals surface area contributed by atoms with Crippen molar-refractivity contribution >= 4 is 17.1 Å². The predicted octanol–water partition coefficient (Wildman–Crippen LogP) is 13.5. The Morgan fingerprint density at radius 2 is 1.06 bits per heavy atom. The van der Waals surface area contributed by atoms with Crippen LogP contribution in [0.25, 0.3) is 33.4 Å². The van der Waals surface area contributed by atoms with Gasteiger partial charge in [-0.1, -0.05) is 125 Å². The molecule has 1 spiro atoms. The number of benzene rings is 6. The Bertz CT molecular complexity index is 2500. The summed E-state index contributed by atoms with van der Waals surface area (Å²) in [6.07, 6.45) is 7.30. The first-order chi connectivity index (χ1) is 25.7. The van der Waals surface area contributed by atoms with Crippen molar-refractivity contribution in [1.29, 1.82) is 0 Å². The van der Waals surface area contributed by atoms with E-state index in [4.69, 9.17) is 0 Å². The molecule has 4 fully saturated rings. The molecule has 0 amide bonds. The fourth-order valence-electron chi connectivity index (χ4n) is 13.5. The van der Waals surface area contributed by atoms with Gasteiger partial charge in [0.2, 0.25) is 0 Å². The lowest BCUT2D eigenvalue weighted by atomic mass is 9.38. The van der Waals surface area contributed by atoms with E-state index in [0.717, 1.165) is 23.2 Å². The van der Waals surface area contributed by atoms with Crippen LogP contribution in [0, 0.1) is 23.2 Å². The van der Waals surface area contributed by atoms with Gasteiger partial charge >= 0.3 is 0 Å². The molecule has 2 unspecified atom stereocenters. The quantitative estimate of drug-likeness (QED) is 0.175. The highest BCUT2D eigenvalue weighted by molar-refractivity contribution is 5.94. The van der Waals surface area contributed by atoms with Gasteiger partial charge in [0.25, 0.3) is 0 Å². The molecule has 4 saturated carbocycles. The Morgan fingerprint density at radius 3 is 1.74 bits per heavy atom. The van der Waals surface area contributed by atoms with Crippen LogP contribution in [-0.2, 0) is 16.2 Å². The normalized spacial score (nSPS) is 27.9. The molecule has 0 radical (unpaired) electrons. The molecule has 6 aliphatic rings. The van der Waals surface area contributed by atoms with Crippen molar-refractivity contribution in [3.63, 3.8) is 0 Å². The molecule has 6 aromatic rings. The third kappa shape index (κ3) is 3.74. The molecule has 0 aromatic heterocycles. The van der Waals surface area contributed by atoms with Gasteiger partial charge in [-0.25, -0.2) is 0 Å². The van der Waals surface area contributed by atoms with Crippen molar-refractivity contribution in [2.45, 2.75) is 76.0 Å². The molecule has 6 aromatic carbocycles. The Hall–Kier alpha value is -4.88. The summed E-state index contributed by atoms with van der Waals surface area (Å²) in [7, 11) is 0. The molecule has 6 aliphatic carbocycles. The summed E-state index contributed by atoms with van der Waals surface area (Å²) < 4.78 is 0. The Morgan fingerprint density at radius 1 is 0.472 bits per heavy atom. The maximum atomic E-state index is 2.56. The molecule has 2 atom stereocenters. The van der Waals surface area contributed by atoms with Crippen LogP contribution < -0.4 is 4.90 Å². The number of fused-ring (bicyclic) bond motifs is 7. The fourth-order valence-corrected chi connectivity index (χ4v) is 13.5. The topological polar surface area (TPSA) is 3.24 Å². The van der Waals surface area contributed by atoms with E-state index in [1.165, 1.54) is 105 Å². The van der Waals surface area contributed by atoms with Crippen molar-refractivity contribution in [2.75, 3.05) is 4.90 Å². The molecular weight excluding hydrogens is 639 g/mol. The van der Waals surface area contributed by atoms with Crippen LogP contribution in [0.3, 0.4) is 0 Å². The molecule has 0 N–H and O–H groups in total. The minimum Gasteiger partial charge on any atom is -0.310 e. The second kappa shape index (κ2) is 10.00. The molecule has 1 nitrogen and oxygen atoms in total. The second-order valence-corrected chi connectivity index (χ2v) is 18.8. The van der Waals surface area contributed by atoms with Crippen LogP contribution in [0.2, 0.25) is 0 Å². The Labute approximate surface area is 314 Å². The van der Waals surface area contributed by atoms with E-state index in [9.17, 15) is 0 Å². The first kappa shape index (κ1) is 30.6. The highest BCUT2D eigenvalue weighted by Crippen LogP contribution is 2.84. The summed E-state index contributed by atoms with van der Waals surface area (Å²) in [4.78, 5) is 2.56. The van der Waals surface area contributed by atoms with E-state index >= 15 is 0 Å². The fraction of sp³-hybridized carbons (Fsp3) is 0.308. The van der Waals surface area contributed by atoms with Gasteiger partial charge in [-0.15, -0.1) is 0 Å². The van der Waals surface area contributed by atoms with E-state index in [0.29, 0.717) is 5.41 Å². The largest absolute Gasteiger partial charge is 0.310 e. The molecule has 1 heteroatoms. The molecule has 0 saturated heterocycles. The second-order valence-electron chi connectivity index (χ2n) is 18.8.